The van der Waals surface area contributed by atoms with Gasteiger partial charge in [-0.25, -0.2) is 0 Å². The number of hydrogen-bond donors (Lipinski definition) is 1. The van der Waals surface area contributed by atoms with E-state index < -0.39 is 11.7 Å². The molecule has 2 rings (SSSR count). The number of amides is 1. The van der Waals surface area contributed by atoms with Crippen molar-refractivity contribution in [2.45, 2.75) is 32.9 Å². The number of nitrogens with two attached hydrogens (primary N) is 1. The SMILES string of the molecule is CC(Cc1ccc(C(F)(F)F)cc1)C(=O)N1CCC(C)(CN)C1. The number of nitrogens with zero attached hydrogens (tertiary/aromatic N) is 1. The lowest BCUT2D eigenvalue weighted by Crippen LogP contribution is -2.37. The molecule has 3 nitrogen and oxygen atoms in total. The maximum Gasteiger partial charge on any atom is 0.416 e. The smallest absolute Gasteiger partial charge is 0.342 e. The minimum Gasteiger partial charge on any atom is -0.342 e. The second-order valence-corrected chi connectivity index (χ2v) is 6.82. The van der Waals surface area contributed by atoms with E-state index in [0.717, 1.165) is 24.1 Å². The lowest BCUT2D eigenvalue weighted by Gasteiger charge is -2.24. The summed E-state index contributed by atoms with van der Waals surface area (Å²) in [6.07, 6.45) is -3.00. The molecule has 128 valence electrons. The van der Waals surface area contributed by atoms with Crippen LogP contribution in [0.15, 0.2) is 24.3 Å². The molecule has 0 aromatic heterocycles. The third-order valence-electron chi connectivity index (χ3n) is 4.61. The second kappa shape index (κ2) is 6.51. The van der Waals surface area contributed by atoms with E-state index in [4.69, 9.17) is 5.73 Å². The van der Waals surface area contributed by atoms with Gasteiger partial charge in [0.2, 0.25) is 5.91 Å². The van der Waals surface area contributed by atoms with Crippen LogP contribution in [0.2, 0.25) is 0 Å². The van der Waals surface area contributed by atoms with Gasteiger partial charge in [-0.05, 0) is 42.5 Å². The molecule has 1 aromatic rings. The van der Waals surface area contributed by atoms with Gasteiger partial charge in [-0.3, -0.25) is 4.79 Å². The van der Waals surface area contributed by atoms with E-state index in [-0.39, 0.29) is 17.2 Å². The minimum atomic E-state index is -4.33. The van der Waals surface area contributed by atoms with Crippen LogP contribution in [0, 0.1) is 11.3 Å². The van der Waals surface area contributed by atoms with Crippen molar-refractivity contribution in [1.29, 1.82) is 0 Å². The van der Waals surface area contributed by atoms with Gasteiger partial charge in [0, 0.05) is 19.0 Å². The van der Waals surface area contributed by atoms with Crippen molar-refractivity contribution in [3.63, 3.8) is 0 Å². The van der Waals surface area contributed by atoms with E-state index in [1.54, 1.807) is 0 Å². The number of likely N-dealkylation sites (tertiary alicyclic amines) is 1. The summed E-state index contributed by atoms with van der Waals surface area (Å²) in [5.74, 6) is -0.214. The maximum atomic E-state index is 12.6. The van der Waals surface area contributed by atoms with Crippen molar-refractivity contribution in [3.8, 4) is 0 Å². The largest absolute Gasteiger partial charge is 0.416 e. The Morgan fingerprint density at radius 2 is 1.96 bits per heavy atom. The Hall–Kier alpha value is -1.56. The number of alkyl halides is 3. The van der Waals surface area contributed by atoms with Crippen molar-refractivity contribution < 1.29 is 18.0 Å². The zero-order valence-corrected chi connectivity index (χ0v) is 13.5. The molecule has 0 bridgehead atoms. The Morgan fingerprint density at radius 3 is 2.43 bits per heavy atom. The molecule has 23 heavy (non-hydrogen) atoms. The molecule has 1 heterocycles. The van der Waals surface area contributed by atoms with E-state index in [1.165, 1.54) is 12.1 Å². The molecule has 2 atom stereocenters. The number of carbonyl (C=O) groups excluding carboxylic acids is 1. The van der Waals surface area contributed by atoms with Crippen molar-refractivity contribution in [2.24, 2.45) is 17.1 Å². The Balaban J connectivity index is 1.96. The van der Waals surface area contributed by atoms with Gasteiger partial charge in [-0.2, -0.15) is 13.2 Å². The number of benzene rings is 1. The van der Waals surface area contributed by atoms with Crippen LogP contribution in [-0.2, 0) is 17.4 Å². The molecule has 2 N–H and O–H groups in total. The fourth-order valence-electron chi connectivity index (χ4n) is 2.96. The van der Waals surface area contributed by atoms with Gasteiger partial charge in [-0.15, -0.1) is 0 Å². The van der Waals surface area contributed by atoms with Crippen LogP contribution in [0.25, 0.3) is 0 Å². The summed E-state index contributed by atoms with van der Waals surface area (Å²) in [6, 6.07) is 5.02. The molecule has 0 aliphatic carbocycles. The van der Waals surface area contributed by atoms with Crippen LogP contribution in [0.5, 0.6) is 0 Å². The first-order chi connectivity index (χ1) is 10.6. The van der Waals surface area contributed by atoms with E-state index in [2.05, 4.69) is 6.92 Å². The molecular weight excluding hydrogens is 305 g/mol. The van der Waals surface area contributed by atoms with Crippen molar-refractivity contribution >= 4 is 5.91 Å². The molecule has 2 unspecified atom stereocenters. The Kier molecular flexibility index (Phi) is 5.04. The predicted molar refractivity (Wildman–Crippen MR) is 82.7 cm³/mol. The zero-order valence-electron chi connectivity index (χ0n) is 13.5. The Labute approximate surface area is 134 Å². The number of hydrogen-bond acceptors (Lipinski definition) is 2. The molecule has 6 heteroatoms. The van der Waals surface area contributed by atoms with Crippen LogP contribution in [0.3, 0.4) is 0 Å². The summed E-state index contributed by atoms with van der Waals surface area (Å²) in [5.41, 5.74) is 5.79. The summed E-state index contributed by atoms with van der Waals surface area (Å²) in [6.45, 7) is 5.78. The van der Waals surface area contributed by atoms with Gasteiger partial charge >= 0.3 is 6.18 Å². The van der Waals surface area contributed by atoms with Gasteiger partial charge < -0.3 is 10.6 Å². The lowest BCUT2D eigenvalue weighted by atomic mass is 9.90. The summed E-state index contributed by atoms with van der Waals surface area (Å²) in [4.78, 5) is 14.3. The van der Waals surface area contributed by atoms with Crippen LogP contribution in [0.4, 0.5) is 13.2 Å². The molecule has 0 radical (unpaired) electrons. The molecule has 1 fully saturated rings. The third kappa shape index (κ3) is 4.25. The quantitative estimate of drug-likeness (QED) is 0.923. The number of halogens is 3. The maximum absolute atomic E-state index is 12.6. The van der Waals surface area contributed by atoms with Gasteiger partial charge in [0.05, 0.1) is 5.56 Å². The minimum absolute atomic E-state index is 0.0241. The lowest BCUT2D eigenvalue weighted by molar-refractivity contribution is -0.137. The topological polar surface area (TPSA) is 46.3 Å². The standard InChI is InChI=1S/C17H23F3N2O/c1-12(15(23)22-8-7-16(2,10-21)11-22)9-13-3-5-14(6-4-13)17(18,19)20/h3-6,12H,7-11,21H2,1-2H3. The normalized spacial score (nSPS) is 23.1. The van der Waals surface area contributed by atoms with Crippen molar-refractivity contribution in [2.75, 3.05) is 19.6 Å². The average molecular weight is 328 g/mol. The van der Waals surface area contributed by atoms with E-state index in [0.29, 0.717) is 26.1 Å². The van der Waals surface area contributed by atoms with Crippen LogP contribution < -0.4 is 5.73 Å². The van der Waals surface area contributed by atoms with Crippen LogP contribution in [0.1, 0.15) is 31.4 Å². The van der Waals surface area contributed by atoms with Gasteiger partial charge in [0.1, 0.15) is 0 Å². The Morgan fingerprint density at radius 1 is 1.35 bits per heavy atom. The van der Waals surface area contributed by atoms with Crippen LogP contribution in [-0.4, -0.2) is 30.4 Å². The Bertz CT molecular complexity index is 556. The average Bonchev–Trinajstić information content (AvgIpc) is 2.89. The molecule has 0 spiro atoms. The third-order valence-corrected chi connectivity index (χ3v) is 4.61. The van der Waals surface area contributed by atoms with Crippen molar-refractivity contribution in [3.05, 3.63) is 35.4 Å². The van der Waals surface area contributed by atoms with E-state index >= 15 is 0 Å². The molecule has 1 aromatic carbocycles. The monoisotopic (exact) mass is 328 g/mol. The molecule has 1 amide bonds. The van der Waals surface area contributed by atoms with E-state index in [1.807, 2.05) is 11.8 Å². The van der Waals surface area contributed by atoms with Gasteiger partial charge in [0.15, 0.2) is 0 Å². The zero-order chi connectivity index (χ0) is 17.3. The number of carbonyl (C=O) groups is 1. The molecule has 1 saturated heterocycles. The van der Waals surface area contributed by atoms with Crippen LogP contribution >= 0.6 is 0 Å². The first-order valence-corrected chi connectivity index (χ1v) is 7.80. The fourth-order valence-corrected chi connectivity index (χ4v) is 2.96. The first kappa shape index (κ1) is 17.8. The first-order valence-electron chi connectivity index (χ1n) is 7.80. The van der Waals surface area contributed by atoms with Crippen molar-refractivity contribution in [1.82, 2.24) is 4.90 Å². The molecule has 1 aliphatic rings. The van der Waals surface area contributed by atoms with Gasteiger partial charge in [-0.1, -0.05) is 26.0 Å². The molecular formula is C17H23F3N2O. The highest BCUT2D eigenvalue weighted by Gasteiger charge is 2.36. The number of rotatable bonds is 4. The molecule has 0 saturated carbocycles. The van der Waals surface area contributed by atoms with E-state index in [9.17, 15) is 18.0 Å². The molecule has 1 aliphatic heterocycles. The highest BCUT2D eigenvalue weighted by molar-refractivity contribution is 5.79. The summed E-state index contributed by atoms with van der Waals surface area (Å²) < 4.78 is 37.7. The highest BCUT2D eigenvalue weighted by atomic mass is 19.4. The predicted octanol–water partition coefficient (Wildman–Crippen LogP) is 3.08. The summed E-state index contributed by atoms with van der Waals surface area (Å²) in [5, 5.41) is 0. The highest BCUT2D eigenvalue weighted by Crippen LogP contribution is 2.31. The fraction of sp³-hybridized carbons (Fsp3) is 0.588. The second-order valence-electron chi connectivity index (χ2n) is 6.82. The summed E-state index contributed by atoms with van der Waals surface area (Å²) in [7, 11) is 0. The summed E-state index contributed by atoms with van der Waals surface area (Å²) >= 11 is 0. The van der Waals surface area contributed by atoms with Gasteiger partial charge in [0.25, 0.3) is 0 Å².